The van der Waals surface area contributed by atoms with Crippen LogP contribution >= 0.6 is 11.3 Å². The van der Waals surface area contributed by atoms with Crippen molar-refractivity contribution in [1.29, 1.82) is 0 Å². The van der Waals surface area contributed by atoms with Crippen molar-refractivity contribution in [1.82, 2.24) is 14.8 Å². The van der Waals surface area contributed by atoms with Crippen molar-refractivity contribution in [2.75, 3.05) is 44.6 Å². The molecule has 128 valence electrons. The highest BCUT2D eigenvalue weighted by molar-refractivity contribution is 7.13. The summed E-state index contributed by atoms with van der Waals surface area (Å²) in [5.41, 5.74) is 0. The summed E-state index contributed by atoms with van der Waals surface area (Å²) in [5, 5.41) is 5.47. The molecule has 0 radical (unpaired) electrons. The van der Waals surface area contributed by atoms with Gasteiger partial charge in [-0.1, -0.05) is 6.92 Å². The number of aromatic nitrogens is 1. The van der Waals surface area contributed by atoms with Gasteiger partial charge >= 0.3 is 0 Å². The van der Waals surface area contributed by atoms with E-state index < -0.39 is 0 Å². The topological polar surface area (TPSA) is 48.5 Å². The van der Waals surface area contributed by atoms with Gasteiger partial charge in [0.25, 0.3) is 0 Å². The maximum atomic E-state index is 12.1. The molecule has 1 N–H and O–H groups in total. The Hall–Kier alpha value is -0.980. The van der Waals surface area contributed by atoms with Crippen LogP contribution in [0.2, 0.25) is 0 Å². The number of piperidine rings is 2. The summed E-state index contributed by atoms with van der Waals surface area (Å²) in [6.45, 7) is 8.66. The minimum atomic E-state index is 0.0624. The summed E-state index contributed by atoms with van der Waals surface area (Å²) >= 11 is 1.47. The number of anilines is 1. The van der Waals surface area contributed by atoms with E-state index in [4.69, 9.17) is 0 Å². The summed E-state index contributed by atoms with van der Waals surface area (Å²) in [6, 6.07) is 0. The lowest BCUT2D eigenvalue weighted by Crippen LogP contribution is -2.45. The molecule has 1 unspecified atom stereocenters. The van der Waals surface area contributed by atoms with Gasteiger partial charge in [-0.05, 0) is 57.2 Å². The highest BCUT2D eigenvalue weighted by atomic mass is 32.1. The van der Waals surface area contributed by atoms with Crippen LogP contribution in [-0.2, 0) is 4.79 Å². The monoisotopic (exact) mass is 336 g/mol. The third-order valence-corrected chi connectivity index (χ3v) is 5.73. The number of hydrogen-bond acceptors (Lipinski definition) is 5. The largest absolute Gasteiger partial charge is 0.303 e. The van der Waals surface area contributed by atoms with E-state index in [9.17, 15) is 4.79 Å². The van der Waals surface area contributed by atoms with Crippen molar-refractivity contribution >= 4 is 22.4 Å². The zero-order chi connectivity index (χ0) is 16.1. The second kappa shape index (κ2) is 8.22. The molecule has 1 amide bonds. The maximum Gasteiger partial charge on any atom is 0.240 e. The van der Waals surface area contributed by atoms with Crippen molar-refractivity contribution in [3.05, 3.63) is 11.6 Å². The molecule has 1 atom stereocenters. The van der Waals surface area contributed by atoms with Gasteiger partial charge in [0.2, 0.25) is 5.91 Å². The summed E-state index contributed by atoms with van der Waals surface area (Å²) in [6.07, 6.45) is 6.91. The highest BCUT2D eigenvalue weighted by Crippen LogP contribution is 2.22. The molecule has 0 aromatic carbocycles. The Balaban J connectivity index is 1.41. The van der Waals surface area contributed by atoms with Crippen LogP contribution in [0, 0.1) is 11.8 Å². The van der Waals surface area contributed by atoms with Crippen LogP contribution in [0.15, 0.2) is 11.6 Å². The van der Waals surface area contributed by atoms with Crippen LogP contribution in [0.4, 0.5) is 5.13 Å². The fraction of sp³-hybridized carbons (Fsp3) is 0.765. The number of likely N-dealkylation sites (tertiary alicyclic amines) is 2. The number of carbonyl (C=O) groups is 1. The van der Waals surface area contributed by atoms with Crippen molar-refractivity contribution in [3.63, 3.8) is 0 Å². The Bertz CT molecular complexity index is 485. The van der Waals surface area contributed by atoms with Gasteiger partial charge in [0.1, 0.15) is 0 Å². The standard InChI is InChI=1S/C17H28N4OS/c1-14-4-8-20(9-5-14)11-15-3-2-7-21(12-15)13-16(22)19-17-18-6-10-23-17/h6,10,14-15H,2-5,7-9,11-13H2,1H3,(H,18,19,22). The predicted molar refractivity (Wildman–Crippen MR) is 94.7 cm³/mol. The molecule has 0 bridgehead atoms. The van der Waals surface area contributed by atoms with Gasteiger partial charge in [-0.3, -0.25) is 9.69 Å². The molecule has 0 aliphatic carbocycles. The van der Waals surface area contributed by atoms with Crippen molar-refractivity contribution in [2.45, 2.75) is 32.6 Å². The Morgan fingerprint density at radius 3 is 2.87 bits per heavy atom. The maximum absolute atomic E-state index is 12.1. The molecule has 23 heavy (non-hydrogen) atoms. The van der Waals surface area contributed by atoms with Gasteiger partial charge in [0.05, 0.1) is 6.54 Å². The highest BCUT2D eigenvalue weighted by Gasteiger charge is 2.25. The number of nitrogens with one attached hydrogen (secondary N) is 1. The number of hydrogen-bond donors (Lipinski definition) is 1. The zero-order valence-electron chi connectivity index (χ0n) is 14.0. The van der Waals surface area contributed by atoms with Crippen LogP contribution in [0.5, 0.6) is 0 Å². The van der Waals surface area contributed by atoms with Gasteiger partial charge in [-0.15, -0.1) is 11.3 Å². The molecule has 5 nitrogen and oxygen atoms in total. The number of nitrogens with zero attached hydrogens (tertiary/aromatic N) is 3. The van der Waals surface area contributed by atoms with Gasteiger partial charge < -0.3 is 10.2 Å². The second-order valence-corrected chi connectivity index (χ2v) is 8.01. The lowest BCUT2D eigenvalue weighted by Gasteiger charge is -2.37. The van der Waals surface area contributed by atoms with Crippen molar-refractivity contribution in [3.8, 4) is 0 Å². The van der Waals surface area contributed by atoms with Gasteiger partial charge in [-0.2, -0.15) is 0 Å². The van der Waals surface area contributed by atoms with Crippen LogP contribution in [0.3, 0.4) is 0 Å². The number of rotatable bonds is 5. The zero-order valence-corrected chi connectivity index (χ0v) is 14.9. The molecule has 0 saturated carbocycles. The Labute approximate surface area is 143 Å². The van der Waals surface area contributed by atoms with Gasteiger partial charge in [0.15, 0.2) is 5.13 Å². The summed E-state index contributed by atoms with van der Waals surface area (Å²) in [5.74, 6) is 1.67. The van der Waals surface area contributed by atoms with Crippen LogP contribution in [-0.4, -0.2) is 60.0 Å². The van der Waals surface area contributed by atoms with Crippen LogP contribution < -0.4 is 5.32 Å². The third kappa shape index (κ3) is 5.26. The predicted octanol–water partition coefficient (Wildman–Crippen LogP) is 2.53. The number of amides is 1. The summed E-state index contributed by atoms with van der Waals surface area (Å²) in [7, 11) is 0. The van der Waals surface area contributed by atoms with Gasteiger partial charge in [0, 0.05) is 24.7 Å². The molecule has 2 aliphatic heterocycles. The second-order valence-electron chi connectivity index (χ2n) is 7.11. The Morgan fingerprint density at radius 1 is 1.30 bits per heavy atom. The van der Waals surface area contributed by atoms with E-state index >= 15 is 0 Å². The summed E-state index contributed by atoms with van der Waals surface area (Å²) < 4.78 is 0. The first-order valence-corrected chi connectivity index (χ1v) is 9.71. The molecular weight excluding hydrogens is 308 g/mol. The minimum absolute atomic E-state index is 0.0624. The lowest BCUT2D eigenvalue weighted by atomic mass is 9.94. The van der Waals surface area contributed by atoms with E-state index in [0.717, 1.165) is 19.0 Å². The molecule has 1 aromatic rings. The molecule has 2 aliphatic rings. The molecule has 2 saturated heterocycles. The van der Waals surface area contributed by atoms with Crippen molar-refractivity contribution < 1.29 is 4.79 Å². The molecule has 3 heterocycles. The van der Waals surface area contributed by atoms with Crippen LogP contribution in [0.25, 0.3) is 0 Å². The average molecular weight is 337 g/mol. The van der Waals surface area contributed by atoms with Crippen molar-refractivity contribution in [2.24, 2.45) is 11.8 Å². The minimum Gasteiger partial charge on any atom is -0.303 e. The average Bonchev–Trinajstić information content (AvgIpc) is 3.03. The number of thiazole rings is 1. The molecule has 2 fully saturated rings. The van der Waals surface area contributed by atoms with E-state index in [1.54, 1.807) is 6.20 Å². The van der Waals surface area contributed by atoms with E-state index in [1.807, 2.05) is 5.38 Å². The first-order valence-electron chi connectivity index (χ1n) is 8.83. The molecule has 1 aromatic heterocycles. The quantitative estimate of drug-likeness (QED) is 0.898. The SMILES string of the molecule is CC1CCN(CC2CCCN(CC(=O)Nc3nccs3)C2)CC1. The van der Waals surface area contributed by atoms with Gasteiger partial charge in [-0.25, -0.2) is 4.98 Å². The first-order chi connectivity index (χ1) is 11.2. The van der Waals surface area contributed by atoms with Crippen LogP contribution in [0.1, 0.15) is 32.6 Å². The number of carbonyl (C=O) groups excluding carboxylic acids is 1. The molecule has 3 rings (SSSR count). The first kappa shape index (κ1) is 16.9. The van der Waals surface area contributed by atoms with E-state index in [2.05, 4.69) is 27.0 Å². The van der Waals surface area contributed by atoms with E-state index in [1.165, 1.54) is 56.7 Å². The van der Waals surface area contributed by atoms with E-state index in [0.29, 0.717) is 17.6 Å². The Kier molecular flexibility index (Phi) is 6.02. The molecular formula is C17H28N4OS. The normalized spacial score (nSPS) is 24.7. The fourth-order valence-corrected chi connectivity index (χ4v) is 4.25. The fourth-order valence-electron chi connectivity index (χ4n) is 3.70. The molecule has 6 heteroatoms. The summed E-state index contributed by atoms with van der Waals surface area (Å²) in [4.78, 5) is 21.2. The third-order valence-electron chi connectivity index (χ3n) is 5.04. The van der Waals surface area contributed by atoms with E-state index in [-0.39, 0.29) is 5.91 Å². The Morgan fingerprint density at radius 2 is 2.13 bits per heavy atom. The molecule has 0 spiro atoms. The lowest BCUT2D eigenvalue weighted by molar-refractivity contribution is -0.117. The smallest absolute Gasteiger partial charge is 0.240 e.